The van der Waals surface area contributed by atoms with Gasteiger partial charge in [-0.15, -0.1) is 4.40 Å². The van der Waals surface area contributed by atoms with Gasteiger partial charge in [0.25, 0.3) is 10.0 Å². The number of sulfonamides is 1. The Morgan fingerprint density at radius 1 is 1.04 bits per heavy atom. The molecule has 3 rings (SSSR count). The highest BCUT2D eigenvalue weighted by Crippen LogP contribution is 2.33. The molecule has 0 aromatic heterocycles. The average Bonchev–Trinajstić information content (AvgIpc) is 2.79. The SMILES string of the molecule is CC1=C(c2ccc(C(C)C)cc2)S(=O)(=O)N=C1Nc1ccc(F)cc1F. The van der Waals surface area contributed by atoms with Crippen LogP contribution in [0.1, 0.15) is 37.8 Å². The lowest BCUT2D eigenvalue weighted by atomic mass is 10.0. The van der Waals surface area contributed by atoms with Crippen LogP contribution in [-0.2, 0) is 10.0 Å². The standard InChI is InChI=1S/C19H18F2N2O2S/c1-11(2)13-4-6-14(7-5-13)18-12(3)19(23-26(18,24)25)22-17-9-8-15(20)10-16(17)21/h4-11H,1-3H3,(H,22,23). The third kappa shape index (κ3) is 3.39. The maximum Gasteiger partial charge on any atom is 0.285 e. The van der Waals surface area contributed by atoms with Crippen molar-refractivity contribution in [3.63, 3.8) is 0 Å². The molecule has 0 bridgehead atoms. The fourth-order valence-corrected chi connectivity index (χ4v) is 4.19. The van der Waals surface area contributed by atoms with E-state index in [-0.39, 0.29) is 16.4 Å². The van der Waals surface area contributed by atoms with E-state index in [4.69, 9.17) is 0 Å². The van der Waals surface area contributed by atoms with E-state index in [1.807, 2.05) is 26.0 Å². The molecule has 0 spiro atoms. The van der Waals surface area contributed by atoms with Gasteiger partial charge in [-0.2, -0.15) is 8.42 Å². The second-order valence-electron chi connectivity index (χ2n) is 6.39. The van der Waals surface area contributed by atoms with Gasteiger partial charge in [0.1, 0.15) is 22.4 Å². The summed E-state index contributed by atoms with van der Waals surface area (Å²) < 4.78 is 55.6. The summed E-state index contributed by atoms with van der Waals surface area (Å²) in [5, 5.41) is 2.64. The number of hydrogen-bond donors (Lipinski definition) is 1. The Kier molecular flexibility index (Phi) is 4.66. The van der Waals surface area contributed by atoms with Crippen molar-refractivity contribution in [3.8, 4) is 0 Å². The summed E-state index contributed by atoms with van der Waals surface area (Å²) in [6, 6.07) is 10.2. The summed E-state index contributed by atoms with van der Waals surface area (Å²) >= 11 is 0. The second kappa shape index (κ2) is 6.64. The molecule has 0 unspecified atom stereocenters. The zero-order chi connectivity index (χ0) is 19.1. The van der Waals surface area contributed by atoms with Crippen LogP contribution in [0.25, 0.3) is 4.91 Å². The number of rotatable bonds is 3. The molecular formula is C19H18F2N2O2S. The molecule has 26 heavy (non-hydrogen) atoms. The predicted octanol–water partition coefficient (Wildman–Crippen LogP) is 4.67. The first-order chi connectivity index (χ1) is 12.2. The van der Waals surface area contributed by atoms with Gasteiger partial charge in [-0.05, 0) is 36.1 Å². The molecule has 1 aliphatic rings. The van der Waals surface area contributed by atoms with E-state index < -0.39 is 21.7 Å². The molecule has 1 heterocycles. The zero-order valence-corrected chi connectivity index (χ0v) is 15.4. The first-order valence-electron chi connectivity index (χ1n) is 8.07. The largest absolute Gasteiger partial charge is 0.337 e. The molecule has 0 saturated heterocycles. The molecule has 1 aliphatic heterocycles. The lowest BCUT2D eigenvalue weighted by Crippen LogP contribution is -2.12. The number of benzene rings is 2. The van der Waals surface area contributed by atoms with E-state index in [1.54, 1.807) is 19.1 Å². The van der Waals surface area contributed by atoms with Crippen LogP contribution in [-0.4, -0.2) is 14.3 Å². The Bertz CT molecular complexity index is 1020. The zero-order valence-electron chi connectivity index (χ0n) is 14.5. The van der Waals surface area contributed by atoms with Crippen molar-refractivity contribution in [2.45, 2.75) is 26.7 Å². The van der Waals surface area contributed by atoms with Crippen molar-refractivity contribution in [3.05, 3.63) is 70.8 Å². The van der Waals surface area contributed by atoms with Gasteiger partial charge < -0.3 is 5.32 Å². The lowest BCUT2D eigenvalue weighted by molar-refractivity contribution is 0.586. The summed E-state index contributed by atoms with van der Waals surface area (Å²) in [7, 11) is -3.90. The highest BCUT2D eigenvalue weighted by Gasteiger charge is 2.31. The highest BCUT2D eigenvalue weighted by molar-refractivity contribution is 8.00. The number of anilines is 1. The minimum absolute atomic E-state index is 0.0263. The number of nitrogens with zero attached hydrogens (tertiary/aromatic N) is 1. The van der Waals surface area contributed by atoms with Gasteiger partial charge >= 0.3 is 0 Å². The molecule has 0 saturated carbocycles. The Morgan fingerprint density at radius 3 is 2.27 bits per heavy atom. The van der Waals surface area contributed by atoms with Crippen LogP contribution in [0.4, 0.5) is 14.5 Å². The topological polar surface area (TPSA) is 58.5 Å². The van der Waals surface area contributed by atoms with Crippen LogP contribution in [0.5, 0.6) is 0 Å². The van der Waals surface area contributed by atoms with Crippen LogP contribution in [0.15, 0.2) is 52.4 Å². The highest BCUT2D eigenvalue weighted by atomic mass is 32.2. The van der Waals surface area contributed by atoms with Crippen molar-refractivity contribution in [2.75, 3.05) is 5.32 Å². The smallest absolute Gasteiger partial charge is 0.285 e. The van der Waals surface area contributed by atoms with Crippen molar-refractivity contribution >= 4 is 26.5 Å². The van der Waals surface area contributed by atoms with Crippen LogP contribution in [0, 0.1) is 11.6 Å². The summed E-state index contributed by atoms with van der Waals surface area (Å²) in [5.74, 6) is -1.19. The molecular weight excluding hydrogens is 358 g/mol. The van der Waals surface area contributed by atoms with Crippen molar-refractivity contribution in [2.24, 2.45) is 4.40 Å². The number of amidine groups is 1. The Morgan fingerprint density at radius 2 is 1.69 bits per heavy atom. The normalized spacial score (nSPS) is 16.2. The Hall–Kier alpha value is -2.54. The molecule has 2 aromatic carbocycles. The molecule has 2 aromatic rings. The van der Waals surface area contributed by atoms with E-state index in [0.29, 0.717) is 17.1 Å². The summed E-state index contributed by atoms with van der Waals surface area (Å²) in [4.78, 5) is 0.0813. The van der Waals surface area contributed by atoms with E-state index in [9.17, 15) is 17.2 Å². The Balaban J connectivity index is 1.99. The van der Waals surface area contributed by atoms with Crippen LogP contribution in [0.2, 0.25) is 0 Å². The molecule has 1 N–H and O–H groups in total. The van der Waals surface area contributed by atoms with E-state index in [2.05, 4.69) is 9.71 Å². The maximum absolute atomic E-state index is 13.8. The molecule has 0 radical (unpaired) electrons. The molecule has 136 valence electrons. The van der Waals surface area contributed by atoms with Crippen molar-refractivity contribution < 1.29 is 17.2 Å². The first kappa shape index (κ1) is 18.3. The first-order valence-corrected chi connectivity index (χ1v) is 9.51. The summed E-state index contributed by atoms with van der Waals surface area (Å²) in [5.41, 5.74) is 1.95. The van der Waals surface area contributed by atoms with E-state index >= 15 is 0 Å². The molecule has 0 amide bonds. The molecule has 4 nitrogen and oxygen atoms in total. The fraction of sp³-hybridized carbons (Fsp3) is 0.211. The average molecular weight is 376 g/mol. The monoisotopic (exact) mass is 376 g/mol. The number of hydrogen-bond acceptors (Lipinski definition) is 3. The van der Waals surface area contributed by atoms with Gasteiger partial charge in [0, 0.05) is 11.6 Å². The van der Waals surface area contributed by atoms with Gasteiger partial charge in [0.15, 0.2) is 0 Å². The van der Waals surface area contributed by atoms with Crippen molar-refractivity contribution in [1.82, 2.24) is 0 Å². The molecule has 0 atom stereocenters. The van der Waals surface area contributed by atoms with Gasteiger partial charge in [0.05, 0.1) is 5.69 Å². The maximum atomic E-state index is 13.8. The van der Waals surface area contributed by atoms with Crippen LogP contribution >= 0.6 is 0 Å². The van der Waals surface area contributed by atoms with Crippen molar-refractivity contribution in [1.29, 1.82) is 0 Å². The Labute approximate surface area is 151 Å². The third-order valence-corrected chi connectivity index (χ3v) is 5.67. The van der Waals surface area contributed by atoms with Gasteiger partial charge in [-0.3, -0.25) is 0 Å². The van der Waals surface area contributed by atoms with Gasteiger partial charge in [-0.1, -0.05) is 38.1 Å². The van der Waals surface area contributed by atoms with E-state index in [0.717, 1.165) is 17.7 Å². The molecule has 0 aliphatic carbocycles. The predicted molar refractivity (Wildman–Crippen MR) is 99.5 cm³/mol. The third-order valence-electron chi connectivity index (χ3n) is 4.19. The number of nitrogens with one attached hydrogen (secondary N) is 1. The quantitative estimate of drug-likeness (QED) is 0.847. The molecule has 7 heteroatoms. The number of halogens is 2. The van der Waals surface area contributed by atoms with Crippen LogP contribution < -0.4 is 5.32 Å². The second-order valence-corrected chi connectivity index (χ2v) is 7.94. The van der Waals surface area contributed by atoms with Gasteiger partial charge in [0.2, 0.25) is 0 Å². The minimum Gasteiger partial charge on any atom is -0.337 e. The fourth-order valence-electron chi connectivity index (χ4n) is 2.76. The minimum atomic E-state index is -3.90. The lowest BCUT2D eigenvalue weighted by Gasteiger charge is -2.09. The summed E-state index contributed by atoms with van der Waals surface area (Å²) in [6.07, 6.45) is 0. The van der Waals surface area contributed by atoms with Crippen LogP contribution in [0.3, 0.4) is 0 Å². The molecule has 0 fully saturated rings. The van der Waals surface area contributed by atoms with Gasteiger partial charge in [-0.25, -0.2) is 8.78 Å². The van der Waals surface area contributed by atoms with E-state index in [1.165, 1.54) is 6.07 Å². The summed E-state index contributed by atoms with van der Waals surface area (Å²) in [6.45, 7) is 5.70.